The van der Waals surface area contributed by atoms with Gasteiger partial charge < -0.3 is 4.74 Å². The number of ether oxygens (including phenoxy) is 1. The minimum atomic E-state index is -1.07. The number of hydrogen-bond donors (Lipinski definition) is 0. The van der Waals surface area contributed by atoms with E-state index in [2.05, 4.69) is 11.2 Å². The van der Waals surface area contributed by atoms with E-state index in [0.717, 1.165) is 12.0 Å². The zero-order chi connectivity index (χ0) is 18.9. The van der Waals surface area contributed by atoms with Crippen LogP contribution in [0.1, 0.15) is 23.0 Å². The number of nitrogens with zero attached hydrogens (tertiary/aromatic N) is 3. The van der Waals surface area contributed by atoms with Gasteiger partial charge in [0.15, 0.2) is 17.3 Å². The molecule has 9 heteroatoms. The maximum Gasteiger partial charge on any atom is 0.304 e. The molecule has 0 amide bonds. The van der Waals surface area contributed by atoms with E-state index in [4.69, 9.17) is 39.5 Å². The van der Waals surface area contributed by atoms with E-state index in [-0.39, 0.29) is 24.4 Å². The molecule has 0 fully saturated rings. The van der Waals surface area contributed by atoms with Crippen molar-refractivity contribution >= 4 is 34.8 Å². The summed E-state index contributed by atoms with van der Waals surface area (Å²) in [5, 5.41) is 2.87. The molecule has 4 nitrogen and oxygen atoms in total. The molecule has 0 saturated carbocycles. The van der Waals surface area contributed by atoms with Crippen molar-refractivity contribution in [1.82, 2.24) is 9.78 Å². The lowest BCUT2D eigenvalue weighted by molar-refractivity contribution is -0.739. The lowest BCUT2D eigenvalue weighted by Gasteiger charge is -2.23. The lowest BCUT2D eigenvalue weighted by atomic mass is 10.1. The Bertz CT molecular complexity index is 1070. The van der Waals surface area contributed by atoms with Crippen molar-refractivity contribution < 1.29 is 18.1 Å². The van der Waals surface area contributed by atoms with Crippen molar-refractivity contribution in [2.75, 3.05) is 0 Å². The van der Waals surface area contributed by atoms with E-state index in [1.807, 2.05) is 22.8 Å². The summed E-state index contributed by atoms with van der Waals surface area (Å²) in [6.07, 6.45) is 2.41. The molecule has 2 aromatic carbocycles. The van der Waals surface area contributed by atoms with Gasteiger partial charge in [-0.2, -0.15) is 0 Å². The van der Waals surface area contributed by atoms with Gasteiger partial charge in [-0.3, -0.25) is 0 Å². The normalized spacial score (nSPS) is 20.3. The first-order chi connectivity index (χ1) is 13.0. The molecule has 5 rings (SSSR count). The topological polar surface area (TPSA) is 30.9 Å². The lowest BCUT2D eigenvalue weighted by Crippen LogP contribution is -2.51. The van der Waals surface area contributed by atoms with E-state index in [1.54, 1.807) is 6.33 Å². The SMILES string of the molecule is Fc1c(Cl)c(F)c(Cl)c(-n2c[n+]3c(n2)CO[C@H]2Cc4ccccc4C23)c1Cl. The highest BCUT2D eigenvalue weighted by Crippen LogP contribution is 2.39. The second-order valence-corrected chi connectivity index (χ2v) is 7.63. The monoisotopic (exact) mass is 428 g/mol. The third kappa shape index (κ3) is 2.44. The summed E-state index contributed by atoms with van der Waals surface area (Å²) in [7, 11) is 0. The molecular formula is C18H11Cl3F2N3O+. The van der Waals surface area contributed by atoms with Crippen molar-refractivity contribution in [3.8, 4) is 5.69 Å². The smallest absolute Gasteiger partial charge is 0.304 e. The Morgan fingerprint density at radius 1 is 1.07 bits per heavy atom. The zero-order valence-corrected chi connectivity index (χ0v) is 15.9. The molecule has 138 valence electrons. The minimum absolute atomic E-state index is 0.0258. The predicted octanol–water partition coefficient (Wildman–Crippen LogP) is 4.44. The summed E-state index contributed by atoms with van der Waals surface area (Å²) in [4.78, 5) is 0. The van der Waals surface area contributed by atoms with Crippen LogP contribution in [0.5, 0.6) is 0 Å². The van der Waals surface area contributed by atoms with Crippen LogP contribution in [0, 0.1) is 11.6 Å². The number of hydrogen-bond acceptors (Lipinski definition) is 2. The highest BCUT2D eigenvalue weighted by Gasteiger charge is 2.43. The first-order valence-corrected chi connectivity index (χ1v) is 9.31. The fourth-order valence-corrected chi connectivity index (χ4v) is 4.71. The van der Waals surface area contributed by atoms with Crippen LogP contribution in [0.15, 0.2) is 30.6 Å². The van der Waals surface area contributed by atoms with Crippen LogP contribution in [0.4, 0.5) is 8.78 Å². The first-order valence-electron chi connectivity index (χ1n) is 8.18. The van der Waals surface area contributed by atoms with E-state index < -0.39 is 26.7 Å². The van der Waals surface area contributed by atoms with Gasteiger partial charge in [-0.1, -0.05) is 63.8 Å². The maximum atomic E-state index is 14.2. The fourth-order valence-electron chi connectivity index (χ4n) is 3.82. The Kier molecular flexibility index (Phi) is 3.95. The number of fused-ring (bicyclic) bond motifs is 5. The molecule has 27 heavy (non-hydrogen) atoms. The first kappa shape index (κ1) is 17.4. The van der Waals surface area contributed by atoms with Gasteiger partial charge >= 0.3 is 5.82 Å². The van der Waals surface area contributed by atoms with Gasteiger partial charge in [-0.05, 0) is 11.1 Å². The van der Waals surface area contributed by atoms with Crippen molar-refractivity contribution in [3.63, 3.8) is 0 Å². The molecule has 2 atom stereocenters. The largest absolute Gasteiger partial charge is 0.363 e. The summed E-state index contributed by atoms with van der Waals surface area (Å²) >= 11 is 17.7. The van der Waals surface area contributed by atoms with Gasteiger partial charge in [0.2, 0.25) is 6.33 Å². The minimum Gasteiger partial charge on any atom is -0.363 e. The van der Waals surface area contributed by atoms with E-state index in [1.165, 1.54) is 10.2 Å². The molecule has 3 aromatic rings. The molecule has 2 aliphatic rings. The van der Waals surface area contributed by atoms with Gasteiger partial charge in [0.05, 0.1) is 0 Å². The van der Waals surface area contributed by atoms with Crippen molar-refractivity contribution in [2.45, 2.75) is 25.2 Å². The van der Waals surface area contributed by atoms with Crippen LogP contribution in [-0.2, 0) is 17.8 Å². The highest BCUT2D eigenvalue weighted by molar-refractivity contribution is 6.41. The van der Waals surface area contributed by atoms with Crippen LogP contribution in [0.25, 0.3) is 5.69 Å². The quantitative estimate of drug-likeness (QED) is 0.325. The Balaban J connectivity index is 1.68. The Hall–Kier alpha value is -1.73. The summed E-state index contributed by atoms with van der Waals surface area (Å²) < 4.78 is 37.5. The summed E-state index contributed by atoms with van der Waals surface area (Å²) in [6, 6.07) is 8.00. The molecule has 1 aliphatic carbocycles. The van der Waals surface area contributed by atoms with Crippen LogP contribution in [-0.4, -0.2) is 15.9 Å². The summed E-state index contributed by atoms with van der Waals surface area (Å²) in [5.74, 6) is -1.54. The highest BCUT2D eigenvalue weighted by atomic mass is 35.5. The average Bonchev–Trinajstić information content (AvgIpc) is 3.25. The molecule has 0 saturated heterocycles. The molecule has 0 radical (unpaired) electrons. The van der Waals surface area contributed by atoms with E-state index in [9.17, 15) is 8.78 Å². The number of rotatable bonds is 1. The molecule has 2 heterocycles. The standard InChI is InChI=1S/C18H11Cl3F2N3O/c19-12-15(22)13(20)18(14(21)16(12)23)26-7-25-11(24-26)6-27-10-5-8-3-1-2-4-9(8)17(10)25/h1-4,7,10,17H,5-6H2/q+1/t10-,17?/m0/s1. The third-order valence-electron chi connectivity index (χ3n) is 5.04. The van der Waals surface area contributed by atoms with Crippen LogP contribution in [0.3, 0.4) is 0 Å². The van der Waals surface area contributed by atoms with Gasteiger partial charge in [-0.25, -0.2) is 13.3 Å². The Morgan fingerprint density at radius 2 is 1.78 bits per heavy atom. The molecule has 1 aromatic heterocycles. The van der Waals surface area contributed by atoms with Gasteiger partial charge in [0.25, 0.3) is 0 Å². The third-order valence-corrected chi connectivity index (χ3v) is 6.07. The number of halogens is 5. The second-order valence-electron chi connectivity index (χ2n) is 6.50. The van der Waals surface area contributed by atoms with Crippen LogP contribution < -0.4 is 4.57 Å². The molecule has 1 aliphatic heterocycles. The predicted molar refractivity (Wildman–Crippen MR) is 95.6 cm³/mol. The molecular weight excluding hydrogens is 419 g/mol. The van der Waals surface area contributed by atoms with Gasteiger partial charge in [-0.15, -0.1) is 0 Å². The van der Waals surface area contributed by atoms with Crippen LogP contribution in [0.2, 0.25) is 15.1 Å². The van der Waals surface area contributed by atoms with Crippen LogP contribution >= 0.6 is 34.8 Å². The van der Waals surface area contributed by atoms with E-state index >= 15 is 0 Å². The molecule has 1 unspecified atom stereocenters. The Morgan fingerprint density at radius 3 is 2.52 bits per heavy atom. The second kappa shape index (κ2) is 6.14. The number of benzene rings is 2. The van der Waals surface area contributed by atoms with Gasteiger partial charge in [0.1, 0.15) is 33.8 Å². The average molecular weight is 430 g/mol. The van der Waals surface area contributed by atoms with Crippen molar-refractivity contribution in [1.29, 1.82) is 0 Å². The number of aromatic nitrogens is 3. The summed E-state index contributed by atoms with van der Waals surface area (Å²) in [5.41, 5.74) is 2.25. The van der Waals surface area contributed by atoms with E-state index in [0.29, 0.717) is 5.82 Å². The zero-order valence-electron chi connectivity index (χ0n) is 13.6. The van der Waals surface area contributed by atoms with Crippen molar-refractivity contribution in [2.24, 2.45) is 0 Å². The van der Waals surface area contributed by atoms with Crippen molar-refractivity contribution in [3.05, 3.63) is 74.2 Å². The Labute approximate surface area is 167 Å². The fraction of sp³-hybridized carbons (Fsp3) is 0.222. The molecule has 0 N–H and O–H groups in total. The van der Waals surface area contributed by atoms with Gasteiger partial charge in [0, 0.05) is 11.5 Å². The maximum absolute atomic E-state index is 14.2. The molecule has 0 spiro atoms. The molecule has 0 bridgehead atoms. The summed E-state index contributed by atoms with van der Waals surface area (Å²) in [6.45, 7) is 0.274.